The molecule has 0 saturated carbocycles. The van der Waals surface area contributed by atoms with Crippen LogP contribution in [-0.4, -0.2) is 29.1 Å². The minimum Gasteiger partial charge on any atom is -0.383 e. The van der Waals surface area contributed by atoms with Crippen LogP contribution in [0.3, 0.4) is 0 Å². The maximum absolute atomic E-state index is 11.9. The number of hydrogen-bond acceptors (Lipinski definition) is 4. The van der Waals surface area contributed by atoms with Crippen molar-refractivity contribution < 1.29 is 4.74 Å². The standard InChI is InChI=1S/C14H19N3O2/c1-3-11(10-19-2)15-9-12-8-14(18)17-7-5-4-6-13(17)16-12/h4-8,11,15H,3,9-10H2,1-2H3. The summed E-state index contributed by atoms with van der Waals surface area (Å²) in [4.78, 5) is 16.4. The molecule has 0 aromatic carbocycles. The number of rotatable bonds is 6. The number of nitrogens with one attached hydrogen (secondary N) is 1. The molecule has 5 heteroatoms. The summed E-state index contributed by atoms with van der Waals surface area (Å²) in [5, 5.41) is 3.34. The van der Waals surface area contributed by atoms with Crippen molar-refractivity contribution in [2.75, 3.05) is 13.7 Å². The molecule has 2 aromatic rings. The van der Waals surface area contributed by atoms with E-state index in [0.29, 0.717) is 18.8 Å². The third-order valence-corrected chi connectivity index (χ3v) is 3.06. The minimum atomic E-state index is -0.0535. The molecule has 0 aliphatic carbocycles. The number of methoxy groups -OCH3 is 1. The molecule has 1 atom stereocenters. The van der Waals surface area contributed by atoms with Gasteiger partial charge in [-0.05, 0) is 18.6 Å². The quantitative estimate of drug-likeness (QED) is 0.849. The lowest BCUT2D eigenvalue weighted by atomic mass is 10.2. The van der Waals surface area contributed by atoms with Gasteiger partial charge in [0.15, 0.2) is 0 Å². The Morgan fingerprint density at radius 3 is 3.05 bits per heavy atom. The first kappa shape index (κ1) is 13.7. The van der Waals surface area contributed by atoms with Crippen LogP contribution in [0.25, 0.3) is 5.65 Å². The van der Waals surface area contributed by atoms with Crippen molar-refractivity contribution in [2.45, 2.75) is 25.9 Å². The van der Waals surface area contributed by atoms with Crippen molar-refractivity contribution in [3.05, 3.63) is 46.5 Å². The molecular weight excluding hydrogens is 242 g/mol. The minimum absolute atomic E-state index is 0.0535. The van der Waals surface area contributed by atoms with Gasteiger partial charge in [0.25, 0.3) is 5.56 Å². The van der Waals surface area contributed by atoms with Gasteiger partial charge in [0.2, 0.25) is 0 Å². The molecule has 2 heterocycles. The SMILES string of the molecule is CCC(COC)NCc1cc(=O)n2ccccc2n1. The van der Waals surface area contributed by atoms with Crippen LogP contribution in [0, 0.1) is 0 Å². The first-order valence-electron chi connectivity index (χ1n) is 6.44. The number of ether oxygens (including phenoxy) is 1. The summed E-state index contributed by atoms with van der Waals surface area (Å²) in [5.74, 6) is 0. The molecule has 0 bridgehead atoms. The van der Waals surface area contributed by atoms with Crippen molar-refractivity contribution in [3.8, 4) is 0 Å². The zero-order chi connectivity index (χ0) is 13.7. The maximum Gasteiger partial charge on any atom is 0.258 e. The lowest BCUT2D eigenvalue weighted by molar-refractivity contribution is 0.163. The molecule has 2 aromatic heterocycles. The topological polar surface area (TPSA) is 55.6 Å². The van der Waals surface area contributed by atoms with Crippen molar-refractivity contribution in [2.24, 2.45) is 0 Å². The molecule has 0 aliphatic rings. The van der Waals surface area contributed by atoms with Gasteiger partial charge in [-0.15, -0.1) is 0 Å². The molecule has 1 N–H and O–H groups in total. The normalized spacial score (nSPS) is 12.7. The van der Waals surface area contributed by atoms with Crippen LogP contribution >= 0.6 is 0 Å². The summed E-state index contributed by atoms with van der Waals surface area (Å²) in [7, 11) is 1.69. The second-order valence-corrected chi connectivity index (χ2v) is 4.46. The maximum atomic E-state index is 11.9. The average molecular weight is 261 g/mol. The van der Waals surface area contributed by atoms with Gasteiger partial charge >= 0.3 is 0 Å². The summed E-state index contributed by atoms with van der Waals surface area (Å²) < 4.78 is 6.67. The number of fused-ring (bicyclic) bond motifs is 1. The lowest BCUT2D eigenvalue weighted by Crippen LogP contribution is -2.32. The van der Waals surface area contributed by atoms with Gasteiger partial charge in [-0.25, -0.2) is 4.98 Å². The highest BCUT2D eigenvalue weighted by Crippen LogP contribution is 2.00. The van der Waals surface area contributed by atoms with E-state index < -0.39 is 0 Å². The Kier molecular flexibility index (Phi) is 4.65. The summed E-state index contributed by atoms with van der Waals surface area (Å²) in [6.07, 6.45) is 2.70. The summed E-state index contributed by atoms with van der Waals surface area (Å²) in [5.41, 5.74) is 1.37. The van der Waals surface area contributed by atoms with Crippen LogP contribution in [0.4, 0.5) is 0 Å². The van der Waals surface area contributed by atoms with Crippen LogP contribution in [0.15, 0.2) is 35.3 Å². The first-order chi connectivity index (χ1) is 9.24. The molecular formula is C14H19N3O2. The predicted octanol–water partition coefficient (Wildman–Crippen LogP) is 1.21. The molecule has 0 amide bonds. The predicted molar refractivity (Wildman–Crippen MR) is 74.3 cm³/mol. The highest BCUT2D eigenvalue weighted by molar-refractivity contribution is 5.37. The van der Waals surface area contributed by atoms with Gasteiger partial charge in [-0.1, -0.05) is 13.0 Å². The Hall–Kier alpha value is -1.72. The average Bonchev–Trinajstić information content (AvgIpc) is 2.43. The molecule has 0 aliphatic heterocycles. The van der Waals surface area contributed by atoms with Crippen LogP contribution in [0.5, 0.6) is 0 Å². The summed E-state index contributed by atoms with van der Waals surface area (Å²) in [6, 6.07) is 7.37. The van der Waals surface area contributed by atoms with E-state index in [4.69, 9.17) is 4.74 Å². The monoisotopic (exact) mass is 261 g/mol. The van der Waals surface area contributed by atoms with Gasteiger partial charge in [-0.3, -0.25) is 9.20 Å². The Morgan fingerprint density at radius 1 is 1.47 bits per heavy atom. The fourth-order valence-electron chi connectivity index (χ4n) is 1.96. The second kappa shape index (κ2) is 6.45. The van der Waals surface area contributed by atoms with Crippen molar-refractivity contribution in [1.82, 2.24) is 14.7 Å². The van der Waals surface area contributed by atoms with Crippen molar-refractivity contribution >= 4 is 5.65 Å². The highest BCUT2D eigenvalue weighted by Gasteiger charge is 2.06. The van der Waals surface area contributed by atoms with Crippen LogP contribution in [-0.2, 0) is 11.3 Å². The Morgan fingerprint density at radius 2 is 2.32 bits per heavy atom. The van der Waals surface area contributed by atoms with E-state index >= 15 is 0 Å². The second-order valence-electron chi connectivity index (χ2n) is 4.46. The highest BCUT2D eigenvalue weighted by atomic mass is 16.5. The number of pyridine rings is 1. The zero-order valence-corrected chi connectivity index (χ0v) is 11.3. The van der Waals surface area contributed by atoms with E-state index in [0.717, 1.165) is 12.1 Å². The van der Waals surface area contributed by atoms with E-state index in [1.807, 2.05) is 18.2 Å². The molecule has 1 unspecified atom stereocenters. The molecule has 0 spiro atoms. The van der Waals surface area contributed by atoms with Crippen LogP contribution in [0.2, 0.25) is 0 Å². The van der Waals surface area contributed by atoms with E-state index in [2.05, 4.69) is 17.2 Å². The number of hydrogen-bond donors (Lipinski definition) is 1. The van der Waals surface area contributed by atoms with Crippen molar-refractivity contribution in [3.63, 3.8) is 0 Å². The first-order valence-corrected chi connectivity index (χ1v) is 6.44. The Labute approximate surface area is 112 Å². The van der Waals surface area contributed by atoms with Crippen LogP contribution in [0.1, 0.15) is 19.0 Å². The summed E-state index contributed by atoms with van der Waals surface area (Å²) >= 11 is 0. The molecule has 0 fully saturated rings. The third-order valence-electron chi connectivity index (χ3n) is 3.06. The molecule has 0 saturated heterocycles. The van der Waals surface area contributed by atoms with Gasteiger partial charge in [-0.2, -0.15) is 0 Å². The molecule has 5 nitrogen and oxygen atoms in total. The number of nitrogens with zero attached hydrogens (tertiary/aromatic N) is 2. The van der Waals surface area contributed by atoms with E-state index in [1.165, 1.54) is 4.40 Å². The van der Waals surface area contributed by atoms with Gasteiger partial charge in [0, 0.05) is 32.0 Å². The van der Waals surface area contributed by atoms with Crippen molar-refractivity contribution in [1.29, 1.82) is 0 Å². The summed E-state index contributed by atoms with van der Waals surface area (Å²) in [6.45, 7) is 3.32. The van der Waals surface area contributed by atoms with Gasteiger partial charge < -0.3 is 10.1 Å². The third kappa shape index (κ3) is 3.39. The van der Waals surface area contributed by atoms with E-state index in [1.54, 1.807) is 19.4 Å². The molecule has 2 rings (SSSR count). The molecule has 0 radical (unpaired) electrons. The fourth-order valence-corrected chi connectivity index (χ4v) is 1.96. The van der Waals surface area contributed by atoms with Gasteiger partial charge in [0.05, 0.1) is 12.3 Å². The lowest BCUT2D eigenvalue weighted by Gasteiger charge is -2.15. The fraction of sp³-hybridized carbons (Fsp3) is 0.429. The zero-order valence-electron chi connectivity index (χ0n) is 11.3. The smallest absolute Gasteiger partial charge is 0.258 e. The Bertz CT molecular complexity index is 595. The van der Waals surface area contributed by atoms with Crippen LogP contribution < -0.4 is 10.9 Å². The molecule has 102 valence electrons. The van der Waals surface area contributed by atoms with E-state index in [9.17, 15) is 4.79 Å². The molecule has 19 heavy (non-hydrogen) atoms. The van der Waals surface area contributed by atoms with Gasteiger partial charge in [0.1, 0.15) is 5.65 Å². The van der Waals surface area contributed by atoms with E-state index in [-0.39, 0.29) is 11.6 Å². The Balaban J connectivity index is 2.15. The largest absolute Gasteiger partial charge is 0.383 e. The number of aromatic nitrogens is 2.